The average Bonchev–Trinajstić information content (AvgIpc) is 2.63. The van der Waals surface area contributed by atoms with Crippen molar-refractivity contribution < 1.29 is 14.3 Å². The summed E-state index contributed by atoms with van der Waals surface area (Å²) >= 11 is 5.97. The number of halogens is 1. The molecule has 0 fully saturated rings. The molecular weight excluding hydrogens is 352 g/mol. The van der Waals surface area contributed by atoms with Gasteiger partial charge in [0, 0.05) is 11.1 Å². The molecule has 0 bridgehead atoms. The van der Waals surface area contributed by atoms with Gasteiger partial charge in [-0.15, -0.1) is 0 Å². The molecule has 0 aromatic heterocycles. The minimum absolute atomic E-state index is 0.0581. The predicted octanol–water partition coefficient (Wildman–Crippen LogP) is 4.19. The lowest BCUT2D eigenvalue weighted by molar-refractivity contribution is -0.118. The van der Waals surface area contributed by atoms with Crippen molar-refractivity contribution in [3.8, 4) is 5.75 Å². The van der Waals surface area contributed by atoms with Crippen LogP contribution in [0.3, 0.4) is 0 Å². The van der Waals surface area contributed by atoms with E-state index >= 15 is 0 Å². The van der Waals surface area contributed by atoms with Crippen molar-refractivity contribution in [2.45, 2.75) is 33.2 Å². The summed E-state index contributed by atoms with van der Waals surface area (Å²) in [6, 6.07) is 12.1. The average molecular weight is 375 g/mol. The first-order valence-corrected chi connectivity index (χ1v) is 8.87. The molecule has 2 aromatic carbocycles. The van der Waals surface area contributed by atoms with Gasteiger partial charge < -0.3 is 15.4 Å². The van der Waals surface area contributed by atoms with Crippen molar-refractivity contribution in [3.63, 3.8) is 0 Å². The molecule has 2 aromatic rings. The molecule has 0 heterocycles. The molecule has 26 heavy (non-hydrogen) atoms. The molecule has 0 saturated heterocycles. The predicted molar refractivity (Wildman–Crippen MR) is 104 cm³/mol. The summed E-state index contributed by atoms with van der Waals surface area (Å²) in [5.74, 6) is -0.00395. The standard InChI is InChI=1S/C20H23ClN2O3/c1-4-14(3)22-20(25)16-7-5-6-8-18(16)23-19(24)12-26-15-9-10-17(21)13(2)11-15/h5-11,14H,4,12H2,1-3H3,(H,22,25)(H,23,24). The number of hydrogen-bond donors (Lipinski definition) is 2. The topological polar surface area (TPSA) is 67.4 Å². The van der Waals surface area contributed by atoms with Crippen LogP contribution in [-0.4, -0.2) is 24.5 Å². The van der Waals surface area contributed by atoms with Gasteiger partial charge in [-0.25, -0.2) is 0 Å². The Labute approximate surface area is 158 Å². The van der Waals surface area contributed by atoms with E-state index in [4.69, 9.17) is 16.3 Å². The van der Waals surface area contributed by atoms with Gasteiger partial charge in [-0.3, -0.25) is 9.59 Å². The summed E-state index contributed by atoms with van der Waals surface area (Å²) in [4.78, 5) is 24.6. The maximum atomic E-state index is 12.4. The third kappa shape index (κ3) is 5.49. The van der Waals surface area contributed by atoms with Crippen LogP contribution >= 0.6 is 11.6 Å². The van der Waals surface area contributed by atoms with Crippen LogP contribution in [0.15, 0.2) is 42.5 Å². The largest absolute Gasteiger partial charge is 0.484 e. The number of aryl methyl sites for hydroxylation is 1. The SMILES string of the molecule is CCC(C)NC(=O)c1ccccc1NC(=O)COc1ccc(Cl)c(C)c1. The second kappa shape index (κ2) is 9.25. The van der Waals surface area contributed by atoms with Crippen molar-refractivity contribution in [2.75, 3.05) is 11.9 Å². The molecular formula is C20H23ClN2O3. The normalized spacial score (nSPS) is 11.5. The molecule has 6 heteroatoms. The summed E-state index contributed by atoms with van der Waals surface area (Å²) in [6.07, 6.45) is 0.828. The molecule has 0 saturated carbocycles. The van der Waals surface area contributed by atoms with Crippen LogP contribution < -0.4 is 15.4 Å². The van der Waals surface area contributed by atoms with E-state index in [1.165, 1.54) is 0 Å². The maximum absolute atomic E-state index is 12.4. The fraction of sp³-hybridized carbons (Fsp3) is 0.300. The van der Waals surface area contributed by atoms with E-state index in [2.05, 4.69) is 10.6 Å². The Bertz CT molecular complexity index is 792. The maximum Gasteiger partial charge on any atom is 0.262 e. The minimum atomic E-state index is -0.346. The van der Waals surface area contributed by atoms with E-state index in [9.17, 15) is 9.59 Å². The second-order valence-electron chi connectivity index (χ2n) is 6.08. The highest BCUT2D eigenvalue weighted by molar-refractivity contribution is 6.31. The van der Waals surface area contributed by atoms with Crippen LogP contribution in [0, 0.1) is 6.92 Å². The van der Waals surface area contributed by atoms with Gasteiger partial charge in [-0.1, -0.05) is 30.7 Å². The number of amides is 2. The minimum Gasteiger partial charge on any atom is -0.484 e. The molecule has 1 atom stereocenters. The van der Waals surface area contributed by atoms with E-state index in [1.54, 1.807) is 42.5 Å². The van der Waals surface area contributed by atoms with E-state index in [0.29, 0.717) is 22.0 Å². The first-order chi connectivity index (χ1) is 12.4. The number of carbonyl (C=O) groups is 2. The number of carbonyl (C=O) groups excluding carboxylic acids is 2. The molecule has 1 unspecified atom stereocenters. The van der Waals surface area contributed by atoms with Crippen LogP contribution in [0.1, 0.15) is 36.2 Å². The Morgan fingerprint density at radius 3 is 2.62 bits per heavy atom. The molecule has 0 spiro atoms. The number of anilines is 1. The van der Waals surface area contributed by atoms with E-state index < -0.39 is 0 Å². The summed E-state index contributed by atoms with van der Waals surface area (Å²) in [5.41, 5.74) is 1.74. The number of ether oxygens (including phenoxy) is 1. The van der Waals surface area contributed by atoms with E-state index in [-0.39, 0.29) is 24.5 Å². The zero-order valence-electron chi connectivity index (χ0n) is 15.1. The first kappa shape index (κ1) is 19.8. The summed E-state index contributed by atoms with van der Waals surface area (Å²) in [6.45, 7) is 5.62. The molecule has 5 nitrogen and oxygen atoms in total. The Hall–Kier alpha value is -2.53. The zero-order valence-corrected chi connectivity index (χ0v) is 15.9. The second-order valence-corrected chi connectivity index (χ2v) is 6.48. The van der Waals surface area contributed by atoms with Crippen LogP contribution in [-0.2, 0) is 4.79 Å². The molecule has 0 radical (unpaired) electrons. The number of hydrogen-bond acceptors (Lipinski definition) is 3. The summed E-state index contributed by atoms with van der Waals surface area (Å²) < 4.78 is 5.49. The van der Waals surface area contributed by atoms with Gasteiger partial charge in [-0.05, 0) is 56.2 Å². The summed E-state index contributed by atoms with van der Waals surface area (Å²) in [5, 5.41) is 6.26. The number of benzene rings is 2. The van der Waals surface area contributed by atoms with Gasteiger partial charge in [0.2, 0.25) is 0 Å². The van der Waals surface area contributed by atoms with E-state index in [1.807, 2.05) is 20.8 Å². The molecule has 138 valence electrons. The van der Waals surface area contributed by atoms with Gasteiger partial charge >= 0.3 is 0 Å². The Kier molecular flexibility index (Phi) is 7.04. The fourth-order valence-corrected chi connectivity index (χ4v) is 2.35. The lowest BCUT2D eigenvalue weighted by Gasteiger charge is -2.15. The molecule has 0 aliphatic carbocycles. The molecule has 0 aliphatic heterocycles. The van der Waals surface area contributed by atoms with Crippen LogP contribution in [0.5, 0.6) is 5.75 Å². The van der Waals surface area contributed by atoms with Crippen molar-refractivity contribution in [1.29, 1.82) is 0 Å². The van der Waals surface area contributed by atoms with Crippen molar-refractivity contribution in [1.82, 2.24) is 5.32 Å². The highest BCUT2D eigenvalue weighted by Gasteiger charge is 2.14. The van der Waals surface area contributed by atoms with Crippen molar-refractivity contribution in [2.24, 2.45) is 0 Å². The van der Waals surface area contributed by atoms with Gasteiger partial charge in [-0.2, -0.15) is 0 Å². The van der Waals surface area contributed by atoms with Crippen LogP contribution in [0.4, 0.5) is 5.69 Å². The number of rotatable bonds is 7. The van der Waals surface area contributed by atoms with Gasteiger partial charge in [0.1, 0.15) is 5.75 Å². The lowest BCUT2D eigenvalue weighted by atomic mass is 10.1. The van der Waals surface area contributed by atoms with Crippen molar-refractivity contribution >= 4 is 29.1 Å². The summed E-state index contributed by atoms with van der Waals surface area (Å²) in [7, 11) is 0. The lowest BCUT2D eigenvalue weighted by Crippen LogP contribution is -2.33. The highest BCUT2D eigenvalue weighted by Crippen LogP contribution is 2.21. The Balaban J connectivity index is 2.00. The van der Waals surface area contributed by atoms with Crippen LogP contribution in [0.2, 0.25) is 5.02 Å². The van der Waals surface area contributed by atoms with Gasteiger partial charge in [0.05, 0.1) is 11.3 Å². The monoisotopic (exact) mass is 374 g/mol. The van der Waals surface area contributed by atoms with Gasteiger partial charge in [0.15, 0.2) is 6.61 Å². The van der Waals surface area contributed by atoms with E-state index in [0.717, 1.165) is 12.0 Å². The Morgan fingerprint density at radius 1 is 1.19 bits per heavy atom. The zero-order chi connectivity index (χ0) is 19.1. The first-order valence-electron chi connectivity index (χ1n) is 8.49. The van der Waals surface area contributed by atoms with Crippen molar-refractivity contribution in [3.05, 3.63) is 58.6 Å². The number of para-hydroxylation sites is 1. The third-order valence-electron chi connectivity index (χ3n) is 3.93. The molecule has 2 amide bonds. The number of nitrogens with one attached hydrogen (secondary N) is 2. The smallest absolute Gasteiger partial charge is 0.262 e. The van der Waals surface area contributed by atoms with Crippen LogP contribution in [0.25, 0.3) is 0 Å². The third-order valence-corrected chi connectivity index (χ3v) is 4.36. The quantitative estimate of drug-likeness (QED) is 0.763. The molecule has 2 rings (SSSR count). The van der Waals surface area contributed by atoms with Gasteiger partial charge in [0.25, 0.3) is 11.8 Å². The Morgan fingerprint density at radius 2 is 1.92 bits per heavy atom. The molecule has 0 aliphatic rings. The molecule has 2 N–H and O–H groups in total. The highest BCUT2D eigenvalue weighted by atomic mass is 35.5. The fourth-order valence-electron chi connectivity index (χ4n) is 2.24.